The van der Waals surface area contributed by atoms with E-state index in [0.29, 0.717) is 0 Å². The second-order valence-corrected chi connectivity index (χ2v) is 6.00. The SMILES string of the molecule is Clc1ccc(-c2nc3c(Cc4ccccc4)cccc3[nH]2)cc1. The van der Waals surface area contributed by atoms with Crippen LogP contribution in [0.25, 0.3) is 22.4 Å². The maximum absolute atomic E-state index is 5.96. The van der Waals surface area contributed by atoms with Crippen LogP contribution < -0.4 is 0 Å². The van der Waals surface area contributed by atoms with E-state index in [1.165, 1.54) is 11.1 Å². The third kappa shape index (κ3) is 2.86. The van der Waals surface area contributed by atoms with Gasteiger partial charge in [-0.15, -0.1) is 0 Å². The fourth-order valence-corrected chi connectivity index (χ4v) is 2.92. The van der Waals surface area contributed by atoms with Gasteiger partial charge in [0.05, 0.1) is 11.0 Å². The average molecular weight is 319 g/mol. The van der Waals surface area contributed by atoms with Gasteiger partial charge in [-0.25, -0.2) is 4.98 Å². The predicted molar refractivity (Wildman–Crippen MR) is 95.8 cm³/mol. The Morgan fingerprint density at radius 1 is 0.826 bits per heavy atom. The van der Waals surface area contributed by atoms with E-state index >= 15 is 0 Å². The molecule has 0 amide bonds. The van der Waals surface area contributed by atoms with E-state index in [9.17, 15) is 0 Å². The molecule has 0 aliphatic carbocycles. The maximum Gasteiger partial charge on any atom is 0.138 e. The molecule has 23 heavy (non-hydrogen) atoms. The Kier molecular flexibility index (Phi) is 3.60. The van der Waals surface area contributed by atoms with Crippen LogP contribution in [0, 0.1) is 0 Å². The molecule has 4 rings (SSSR count). The average Bonchev–Trinajstić information content (AvgIpc) is 3.02. The van der Waals surface area contributed by atoms with Gasteiger partial charge in [-0.1, -0.05) is 54.1 Å². The smallest absolute Gasteiger partial charge is 0.138 e. The first-order valence-corrected chi connectivity index (χ1v) is 7.95. The zero-order chi connectivity index (χ0) is 15.6. The van der Waals surface area contributed by atoms with Crippen LogP contribution >= 0.6 is 11.6 Å². The summed E-state index contributed by atoms with van der Waals surface area (Å²) in [5, 5.41) is 0.731. The molecule has 0 fully saturated rings. The van der Waals surface area contributed by atoms with E-state index in [-0.39, 0.29) is 0 Å². The molecule has 0 atom stereocenters. The minimum atomic E-state index is 0.731. The van der Waals surface area contributed by atoms with Crippen LogP contribution in [0.4, 0.5) is 0 Å². The summed E-state index contributed by atoms with van der Waals surface area (Å²) < 4.78 is 0. The van der Waals surface area contributed by atoms with E-state index in [1.807, 2.05) is 30.3 Å². The molecule has 1 N–H and O–H groups in total. The van der Waals surface area contributed by atoms with Gasteiger partial charge in [-0.3, -0.25) is 0 Å². The first-order chi connectivity index (χ1) is 11.3. The highest BCUT2D eigenvalue weighted by Gasteiger charge is 2.09. The topological polar surface area (TPSA) is 28.7 Å². The normalized spacial score (nSPS) is 11.0. The molecule has 1 aromatic heterocycles. The van der Waals surface area contributed by atoms with Gasteiger partial charge in [-0.2, -0.15) is 0 Å². The van der Waals surface area contributed by atoms with Crippen LogP contribution in [0.2, 0.25) is 5.02 Å². The van der Waals surface area contributed by atoms with Crippen molar-refractivity contribution >= 4 is 22.6 Å². The summed E-state index contributed by atoms with van der Waals surface area (Å²) in [7, 11) is 0. The molecule has 4 aromatic rings. The lowest BCUT2D eigenvalue weighted by atomic mass is 10.0. The fraction of sp³-hybridized carbons (Fsp3) is 0.0500. The molecule has 3 aromatic carbocycles. The molecule has 0 saturated heterocycles. The zero-order valence-corrected chi connectivity index (χ0v) is 13.2. The van der Waals surface area contributed by atoms with Gasteiger partial charge in [0.15, 0.2) is 0 Å². The molecule has 0 bridgehead atoms. The van der Waals surface area contributed by atoms with Crippen LogP contribution in [-0.2, 0) is 6.42 Å². The molecular weight excluding hydrogens is 304 g/mol. The number of benzene rings is 3. The summed E-state index contributed by atoms with van der Waals surface area (Å²) in [5.74, 6) is 0.872. The van der Waals surface area contributed by atoms with Gasteiger partial charge >= 0.3 is 0 Å². The lowest BCUT2D eigenvalue weighted by Gasteiger charge is -2.02. The Labute approximate surface area is 139 Å². The molecule has 0 saturated carbocycles. The van der Waals surface area contributed by atoms with Crippen molar-refractivity contribution in [3.8, 4) is 11.4 Å². The van der Waals surface area contributed by atoms with Crippen LogP contribution in [0.3, 0.4) is 0 Å². The van der Waals surface area contributed by atoms with Gasteiger partial charge in [0.25, 0.3) is 0 Å². The number of imidazole rings is 1. The Morgan fingerprint density at radius 2 is 1.61 bits per heavy atom. The van der Waals surface area contributed by atoms with E-state index in [0.717, 1.165) is 33.9 Å². The number of fused-ring (bicyclic) bond motifs is 1. The number of nitrogens with zero attached hydrogens (tertiary/aromatic N) is 1. The molecule has 0 aliphatic heterocycles. The number of hydrogen-bond donors (Lipinski definition) is 1. The van der Waals surface area contributed by atoms with Gasteiger partial charge < -0.3 is 4.98 Å². The van der Waals surface area contributed by atoms with E-state index in [2.05, 4.69) is 47.4 Å². The highest BCUT2D eigenvalue weighted by molar-refractivity contribution is 6.30. The van der Waals surface area contributed by atoms with E-state index in [1.54, 1.807) is 0 Å². The van der Waals surface area contributed by atoms with Crippen molar-refractivity contribution in [1.29, 1.82) is 0 Å². The Bertz CT molecular complexity index is 940. The Morgan fingerprint density at radius 3 is 2.39 bits per heavy atom. The fourth-order valence-electron chi connectivity index (χ4n) is 2.79. The molecule has 1 heterocycles. The summed E-state index contributed by atoms with van der Waals surface area (Å²) in [6, 6.07) is 24.5. The van der Waals surface area contributed by atoms with Gasteiger partial charge in [0.2, 0.25) is 0 Å². The molecule has 2 nitrogen and oxygen atoms in total. The summed E-state index contributed by atoms with van der Waals surface area (Å²) in [6.45, 7) is 0. The minimum absolute atomic E-state index is 0.731. The maximum atomic E-state index is 5.96. The van der Waals surface area contributed by atoms with E-state index < -0.39 is 0 Å². The summed E-state index contributed by atoms with van der Waals surface area (Å²) in [6.07, 6.45) is 0.878. The third-order valence-corrected chi connectivity index (χ3v) is 4.20. The van der Waals surface area contributed by atoms with Gasteiger partial charge in [0.1, 0.15) is 5.82 Å². The number of H-pyrrole nitrogens is 1. The van der Waals surface area contributed by atoms with Crippen LogP contribution in [0.1, 0.15) is 11.1 Å². The number of nitrogens with one attached hydrogen (secondary N) is 1. The number of rotatable bonds is 3. The second kappa shape index (κ2) is 5.90. The van der Waals surface area contributed by atoms with Crippen molar-refractivity contribution in [2.45, 2.75) is 6.42 Å². The van der Waals surface area contributed by atoms with Gasteiger partial charge in [-0.05, 0) is 47.9 Å². The number of aromatic nitrogens is 2. The predicted octanol–water partition coefficient (Wildman–Crippen LogP) is 5.47. The Hall–Kier alpha value is -2.58. The monoisotopic (exact) mass is 318 g/mol. The van der Waals surface area contributed by atoms with Crippen LogP contribution in [-0.4, -0.2) is 9.97 Å². The number of aromatic amines is 1. The highest BCUT2D eigenvalue weighted by atomic mass is 35.5. The standard InChI is InChI=1S/C20H15ClN2/c21-17-11-9-15(10-12-17)20-22-18-8-4-7-16(19(18)23-20)13-14-5-2-1-3-6-14/h1-12H,13H2,(H,22,23). The van der Waals surface area contributed by atoms with Crippen LogP contribution in [0.15, 0.2) is 72.8 Å². The summed E-state index contributed by atoms with van der Waals surface area (Å²) >= 11 is 5.96. The quantitative estimate of drug-likeness (QED) is 0.533. The highest BCUT2D eigenvalue weighted by Crippen LogP contribution is 2.25. The minimum Gasteiger partial charge on any atom is -0.338 e. The number of para-hydroxylation sites is 1. The zero-order valence-electron chi connectivity index (χ0n) is 12.5. The first kappa shape index (κ1) is 14.0. The summed E-state index contributed by atoms with van der Waals surface area (Å²) in [4.78, 5) is 8.21. The van der Waals surface area contributed by atoms with Crippen molar-refractivity contribution < 1.29 is 0 Å². The van der Waals surface area contributed by atoms with Crippen molar-refractivity contribution in [2.75, 3.05) is 0 Å². The van der Waals surface area contributed by atoms with Crippen molar-refractivity contribution in [3.05, 3.63) is 88.9 Å². The molecule has 0 aliphatic rings. The Balaban J connectivity index is 1.77. The lowest BCUT2D eigenvalue weighted by molar-refractivity contribution is 1.20. The largest absolute Gasteiger partial charge is 0.338 e. The van der Waals surface area contributed by atoms with Gasteiger partial charge in [0, 0.05) is 10.6 Å². The molecular formula is C20H15ClN2. The molecule has 3 heteroatoms. The molecule has 0 unspecified atom stereocenters. The molecule has 112 valence electrons. The summed E-state index contributed by atoms with van der Waals surface area (Å²) in [5.41, 5.74) is 5.64. The van der Waals surface area contributed by atoms with Crippen molar-refractivity contribution in [3.63, 3.8) is 0 Å². The second-order valence-electron chi connectivity index (χ2n) is 5.57. The van der Waals surface area contributed by atoms with E-state index in [4.69, 9.17) is 16.6 Å². The van der Waals surface area contributed by atoms with Crippen molar-refractivity contribution in [1.82, 2.24) is 9.97 Å². The first-order valence-electron chi connectivity index (χ1n) is 7.57. The lowest BCUT2D eigenvalue weighted by Crippen LogP contribution is -1.89. The molecule has 0 spiro atoms. The molecule has 0 radical (unpaired) electrons. The number of hydrogen-bond acceptors (Lipinski definition) is 1. The van der Waals surface area contributed by atoms with Crippen LogP contribution in [0.5, 0.6) is 0 Å². The van der Waals surface area contributed by atoms with Crippen molar-refractivity contribution in [2.24, 2.45) is 0 Å². The third-order valence-electron chi connectivity index (χ3n) is 3.95. The number of halogens is 1.